The van der Waals surface area contributed by atoms with Crippen molar-refractivity contribution in [2.45, 2.75) is 56.3 Å². The number of halogens is 4. The lowest BCUT2D eigenvalue weighted by Gasteiger charge is -2.38. The van der Waals surface area contributed by atoms with Crippen LogP contribution in [0.5, 0.6) is 6.01 Å². The van der Waals surface area contributed by atoms with Crippen LogP contribution in [0, 0.1) is 11.6 Å². The van der Waals surface area contributed by atoms with Crippen molar-refractivity contribution in [2.75, 3.05) is 43.4 Å². The number of β-amino-alcohol motifs (C(OH)–C–C–N with tert-alkyl or cyclic N) is 1. The quantitative estimate of drug-likeness (QED) is 0.293. The first-order chi connectivity index (χ1) is 20.0. The van der Waals surface area contributed by atoms with Gasteiger partial charge in [0.2, 0.25) is 0 Å². The molecule has 42 heavy (non-hydrogen) atoms. The van der Waals surface area contributed by atoms with Gasteiger partial charge in [0.05, 0.1) is 26.4 Å². The minimum Gasteiger partial charge on any atom is -0.461 e. The first-order valence-electron chi connectivity index (χ1n) is 14.1. The number of nitrogens with zero attached hydrogens (tertiary/aromatic N) is 5. The Kier molecular flexibility index (Phi) is 6.69. The van der Waals surface area contributed by atoms with Crippen LogP contribution in [0.1, 0.15) is 39.0 Å². The topological polar surface area (TPSA) is 101 Å². The van der Waals surface area contributed by atoms with Gasteiger partial charge in [0, 0.05) is 42.6 Å². The van der Waals surface area contributed by atoms with Crippen LogP contribution in [0.2, 0.25) is 5.02 Å². The number of ether oxygens (including phenoxy) is 1. The number of piperidine rings is 1. The second kappa shape index (κ2) is 10.1. The molecular formula is C29H30ClF3N6O2S. The summed E-state index contributed by atoms with van der Waals surface area (Å²) in [7, 11) is 0. The molecule has 5 heterocycles. The number of anilines is 2. The van der Waals surface area contributed by atoms with E-state index < -0.39 is 28.9 Å². The number of aliphatic hydroxyl groups is 1. The molecule has 3 saturated heterocycles. The molecule has 7 rings (SSSR count). The van der Waals surface area contributed by atoms with E-state index in [2.05, 4.69) is 14.9 Å². The van der Waals surface area contributed by atoms with Crippen LogP contribution < -0.4 is 15.4 Å². The Morgan fingerprint density at radius 3 is 2.79 bits per heavy atom. The first-order valence-corrected chi connectivity index (χ1v) is 15.3. The van der Waals surface area contributed by atoms with Gasteiger partial charge in [0.15, 0.2) is 10.9 Å². The highest BCUT2D eigenvalue weighted by Gasteiger charge is 2.49. The molecule has 0 aliphatic carbocycles. The van der Waals surface area contributed by atoms with Gasteiger partial charge in [-0.1, -0.05) is 22.9 Å². The maximum atomic E-state index is 16.6. The smallest absolute Gasteiger partial charge is 0.319 e. The monoisotopic (exact) mass is 618 g/mol. The Labute approximate surface area is 249 Å². The van der Waals surface area contributed by atoms with E-state index in [-0.39, 0.29) is 56.2 Å². The average Bonchev–Trinajstić information content (AvgIpc) is 3.60. The molecule has 2 aromatic carbocycles. The standard InChI is InChI=1S/C29H30ClF3N6O2S/c1-28(40)6-2-8-38(13-28)25-17-10-18(30)20(16-4-5-19(32)24-23(16)35-26(34)42-24)21(33)22(17)36-27(37-25)41-14-29-7-3-9-39(29)12-15(31)11-29/h4-5,10,15,40H,2-3,6-9,11-14H2,1H3,(H2,34,35)/t15-,28?,29+/m1/s1. The van der Waals surface area contributed by atoms with Gasteiger partial charge >= 0.3 is 6.01 Å². The summed E-state index contributed by atoms with van der Waals surface area (Å²) in [4.78, 5) is 17.5. The number of hydrogen-bond acceptors (Lipinski definition) is 9. The lowest BCUT2D eigenvalue weighted by atomic mass is 9.94. The molecule has 0 radical (unpaired) electrons. The highest BCUT2D eigenvalue weighted by molar-refractivity contribution is 7.22. The Hall–Kier alpha value is -2.93. The molecule has 3 aliphatic rings. The van der Waals surface area contributed by atoms with Crippen molar-refractivity contribution in [3.8, 4) is 17.1 Å². The third-order valence-corrected chi connectivity index (χ3v) is 10.0. The second-order valence-corrected chi connectivity index (χ2v) is 13.4. The first kappa shape index (κ1) is 27.9. The number of thiazole rings is 1. The molecule has 3 aliphatic heterocycles. The maximum Gasteiger partial charge on any atom is 0.319 e. The molecule has 3 atom stereocenters. The molecule has 0 saturated carbocycles. The molecule has 0 bridgehead atoms. The van der Waals surface area contributed by atoms with E-state index in [9.17, 15) is 13.9 Å². The number of nitrogens with two attached hydrogens (primary N) is 1. The van der Waals surface area contributed by atoms with E-state index in [1.807, 2.05) is 4.90 Å². The fourth-order valence-corrected chi connectivity index (χ4v) is 8.01. The summed E-state index contributed by atoms with van der Waals surface area (Å²) in [5.74, 6) is -0.861. The lowest BCUT2D eigenvalue weighted by molar-refractivity contribution is 0.0447. The van der Waals surface area contributed by atoms with Crippen LogP contribution in [0.4, 0.5) is 24.1 Å². The molecule has 4 aromatic rings. The summed E-state index contributed by atoms with van der Waals surface area (Å²) in [6.45, 7) is 3.97. The van der Waals surface area contributed by atoms with Crippen LogP contribution in [-0.4, -0.2) is 75.1 Å². The van der Waals surface area contributed by atoms with Gasteiger partial charge in [-0.05, 0) is 57.4 Å². The minimum atomic E-state index is -0.966. The molecule has 13 heteroatoms. The number of benzene rings is 2. The SMILES string of the molecule is CC1(O)CCCN(c2nc(OC[C@@]34CCCN3C[C@H](F)C4)nc3c(F)c(-c4ccc(F)c5sc(N)nc45)c(Cl)cc23)C1. The maximum absolute atomic E-state index is 16.6. The molecule has 3 N–H and O–H groups in total. The van der Waals surface area contributed by atoms with Crippen LogP contribution >= 0.6 is 22.9 Å². The summed E-state index contributed by atoms with van der Waals surface area (Å²) in [6, 6.07) is 4.21. The molecule has 222 valence electrons. The zero-order valence-corrected chi connectivity index (χ0v) is 24.5. The number of fused-ring (bicyclic) bond motifs is 3. The van der Waals surface area contributed by atoms with Crippen LogP contribution in [-0.2, 0) is 0 Å². The third-order valence-electron chi connectivity index (χ3n) is 8.83. The van der Waals surface area contributed by atoms with E-state index in [0.29, 0.717) is 43.6 Å². The number of hydrogen-bond donors (Lipinski definition) is 2. The zero-order valence-electron chi connectivity index (χ0n) is 23.0. The van der Waals surface area contributed by atoms with E-state index >= 15 is 4.39 Å². The number of alkyl halides is 1. The highest BCUT2D eigenvalue weighted by Crippen LogP contribution is 2.44. The van der Waals surface area contributed by atoms with Gasteiger partial charge in [-0.3, -0.25) is 4.90 Å². The van der Waals surface area contributed by atoms with Gasteiger partial charge in [-0.15, -0.1) is 0 Å². The van der Waals surface area contributed by atoms with Crippen molar-refractivity contribution in [3.63, 3.8) is 0 Å². The highest BCUT2D eigenvalue weighted by atomic mass is 35.5. The van der Waals surface area contributed by atoms with Crippen molar-refractivity contribution in [1.82, 2.24) is 19.9 Å². The fourth-order valence-electron chi connectivity index (χ4n) is 6.95. The van der Waals surface area contributed by atoms with Crippen molar-refractivity contribution < 1.29 is 23.0 Å². The van der Waals surface area contributed by atoms with Crippen LogP contribution in [0.15, 0.2) is 18.2 Å². The normalized spacial score (nSPS) is 26.4. The van der Waals surface area contributed by atoms with Gasteiger partial charge in [0.1, 0.15) is 29.9 Å². The number of rotatable bonds is 5. The molecule has 2 aromatic heterocycles. The second-order valence-electron chi connectivity index (χ2n) is 12.0. The molecule has 0 amide bonds. The van der Waals surface area contributed by atoms with Crippen molar-refractivity contribution >= 4 is 55.0 Å². The summed E-state index contributed by atoms with van der Waals surface area (Å²) < 4.78 is 51.9. The number of aromatic nitrogens is 3. The van der Waals surface area contributed by atoms with Crippen molar-refractivity contribution in [3.05, 3.63) is 34.9 Å². The van der Waals surface area contributed by atoms with Crippen molar-refractivity contribution in [2.24, 2.45) is 0 Å². The van der Waals surface area contributed by atoms with E-state index in [1.165, 1.54) is 12.1 Å². The van der Waals surface area contributed by atoms with E-state index in [1.54, 1.807) is 13.0 Å². The average molecular weight is 619 g/mol. The van der Waals surface area contributed by atoms with Crippen LogP contribution in [0.3, 0.4) is 0 Å². The van der Waals surface area contributed by atoms with E-state index in [0.717, 1.165) is 30.7 Å². The Morgan fingerprint density at radius 1 is 1.17 bits per heavy atom. The molecule has 1 unspecified atom stereocenters. The summed E-state index contributed by atoms with van der Waals surface area (Å²) >= 11 is 7.70. The predicted octanol–water partition coefficient (Wildman–Crippen LogP) is 5.73. The Bertz CT molecular complexity index is 1720. The lowest BCUT2D eigenvalue weighted by Crippen LogP contribution is -2.46. The summed E-state index contributed by atoms with van der Waals surface area (Å²) in [5, 5.41) is 11.4. The summed E-state index contributed by atoms with van der Waals surface area (Å²) in [6.07, 6.45) is 2.52. The fraction of sp³-hybridized carbons (Fsp3) is 0.483. The van der Waals surface area contributed by atoms with Gasteiger partial charge < -0.3 is 20.5 Å². The minimum absolute atomic E-state index is 0.0114. The van der Waals surface area contributed by atoms with E-state index in [4.69, 9.17) is 27.1 Å². The van der Waals surface area contributed by atoms with Gasteiger partial charge in [-0.2, -0.15) is 9.97 Å². The van der Waals surface area contributed by atoms with Gasteiger partial charge in [0.25, 0.3) is 0 Å². The predicted molar refractivity (Wildman–Crippen MR) is 158 cm³/mol. The molecule has 8 nitrogen and oxygen atoms in total. The molecule has 3 fully saturated rings. The van der Waals surface area contributed by atoms with Crippen LogP contribution in [0.25, 0.3) is 32.2 Å². The third kappa shape index (κ3) is 4.63. The number of nitrogen functional groups attached to an aromatic ring is 1. The Morgan fingerprint density at radius 2 is 1.98 bits per heavy atom. The molecular weight excluding hydrogens is 589 g/mol. The van der Waals surface area contributed by atoms with Crippen molar-refractivity contribution in [1.29, 1.82) is 0 Å². The van der Waals surface area contributed by atoms with Gasteiger partial charge in [-0.25, -0.2) is 18.2 Å². The Balaban J connectivity index is 1.37. The molecule has 0 spiro atoms. The zero-order chi connectivity index (χ0) is 29.4. The largest absolute Gasteiger partial charge is 0.461 e. The summed E-state index contributed by atoms with van der Waals surface area (Å²) in [5.41, 5.74) is 4.93.